The number of halogens is 1. The molecule has 0 N–H and O–H groups in total. The van der Waals surface area contributed by atoms with Crippen molar-refractivity contribution in [1.29, 1.82) is 0 Å². The zero-order chi connectivity index (χ0) is 22.0. The van der Waals surface area contributed by atoms with Crippen molar-refractivity contribution < 1.29 is 18.9 Å². The van der Waals surface area contributed by atoms with Crippen LogP contribution in [0.4, 0.5) is 11.4 Å². The molecule has 0 atom stereocenters. The summed E-state index contributed by atoms with van der Waals surface area (Å²) in [4.78, 5) is 26.5. The molecule has 0 radical (unpaired) electrons. The number of para-hydroxylation sites is 1. The maximum Gasteiger partial charge on any atom is 0.373 e. The summed E-state index contributed by atoms with van der Waals surface area (Å²) in [6.07, 6.45) is 3.55. The summed E-state index contributed by atoms with van der Waals surface area (Å²) in [6.45, 7) is 0.401. The van der Waals surface area contributed by atoms with Gasteiger partial charge in [0.2, 0.25) is 5.76 Å². The zero-order valence-corrected chi connectivity index (χ0v) is 17.1. The molecule has 0 aliphatic rings. The third-order valence-electron chi connectivity index (χ3n) is 4.67. The Hall–Kier alpha value is -3.91. The van der Waals surface area contributed by atoms with Crippen molar-refractivity contribution in [3.63, 3.8) is 0 Å². The van der Waals surface area contributed by atoms with Crippen LogP contribution in [0, 0.1) is 10.1 Å². The summed E-state index contributed by atoms with van der Waals surface area (Å²) < 4.78 is 12.2. The Morgan fingerprint density at radius 1 is 1.26 bits per heavy atom. The van der Waals surface area contributed by atoms with E-state index in [2.05, 4.69) is 9.73 Å². The van der Waals surface area contributed by atoms with Crippen LogP contribution in [-0.4, -0.2) is 28.8 Å². The lowest BCUT2D eigenvalue weighted by molar-refractivity contribution is -0.384. The van der Waals surface area contributed by atoms with Crippen LogP contribution in [0.2, 0.25) is 5.02 Å². The standard InChI is InChI=1S/C22H16ClN3O5/c1-30-22(27)21-9-7-16(31-21)13-25-12-14(17-4-2-3-5-19(17)25)11-24-15-6-8-18(23)20(10-15)26(28)29/h2-12H,13H2,1H3. The number of hydrogen-bond donors (Lipinski definition) is 0. The van der Waals surface area contributed by atoms with Gasteiger partial charge in [-0.15, -0.1) is 0 Å². The van der Waals surface area contributed by atoms with E-state index in [0.29, 0.717) is 18.0 Å². The van der Waals surface area contributed by atoms with Gasteiger partial charge in [-0.2, -0.15) is 0 Å². The SMILES string of the molecule is COC(=O)c1ccc(Cn2cc(C=Nc3ccc(Cl)c([N+](=O)[O-])c3)c3ccccc32)o1. The summed E-state index contributed by atoms with van der Waals surface area (Å²) in [5, 5.41) is 12.1. The Labute approximate surface area is 181 Å². The largest absolute Gasteiger partial charge is 0.463 e. The van der Waals surface area contributed by atoms with Crippen LogP contribution in [-0.2, 0) is 11.3 Å². The second-order valence-corrected chi connectivity index (χ2v) is 7.05. The fourth-order valence-corrected chi connectivity index (χ4v) is 3.40. The van der Waals surface area contributed by atoms with Crippen molar-refractivity contribution >= 4 is 46.1 Å². The number of esters is 1. The minimum atomic E-state index is -0.542. The van der Waals surface area contributed by atoms with E-state index in [9.17, 15) is 14.9 Å². The van der Waals surface area contributed by atoms with E-state index < -0.39 is 10.9 Å². The number of aliphatic imine (C=N–C) groups is 1. The molecule has 2 aromatic carbocycles. The number of aromatic nitrogens is 1. The van der Waals surface area contributed by atoms with Gasteiger partial charge in [0.05, 0.1) is 24.3 Å². The van der Waals surface area contributed by atoms with Gasteiger partial charge < -0.3 is 13.7 Å². The third kappa shape index (κ3) is 4.19. The van der Waals surface area contributed by atoms with Crippen LogP contribution in [0.15, 0.2) is 70.2 Å². The van der Waals surface area contributed by atoms with E-state index in [4.69, 9.17) is 16.0 Å². The number of fused-ring (bicyclic) bond motifs is 1. The summed E-state index contributed by atoms with van der Waals surface area (Å²) in [5.41, 5.74) is 2.00. The molecule has 0 saturated heterocycles. The van der Waals surface area contributed by atoms with Crippen LogP contribution in [0.5, 0.6) is 0 Å². The zero-order valence-electron chi connectivity index (χ0n) is 16.3. The predicted molar refractivity (Wildman–Crippen MR) is 116 cm³/mol. The first-order valence-corrected chi connectivity index (χ1v) is 9.57. The Kier molecular flexibility index (Phi) is 5.55. The van der Waals surface area contributed by atoms with E-state index in [0.717, 1.165) is 16.5 Å². The molecule has 9 heteroatoms. The van der Waals surface area contributed by atoms with Crippen molar-refractivity contribution in [1.82, 2.24) is 4.57 Å². The number of nitro benzene ring substituents is 1. The van der Waals surface area contributed by atoms with E-state index in [1.165, 1.54) is 19.2 Å². The predicted octanol–water partition coefficient (Wildman–Crippen LogP) is 5.38. The molecule has 4 rings (SSSR count). The normalized spacial score (nSPS) is 11.3. The minimum absolute atomic E-state index is 0.0605. The lowest BCUT2D eigenvalue weighted by Gasteiger charge is -2.02. The molecule has 4 aromatic rings. The van der Waals surface area contributed by atoms with Crippen molar-refractivity contribution in [2.24, 2.45) is 4.99 Å². The van der Waals surface area contributed by atoms with Crippen molar-refractivity contribution in [2.45, 2.75) is 6.54 Å². The van der Waals surface area contributed by atoms with E-state index in [-0.39, 0.29) is 16.5 Å². The topological polar surface area (TPSA) is 99.9 Å². The lowest BCUT2D eigenvalue weighted by atomic mass is 10.2. The highest BCUT2D eigenvalue weighted by atomic mass is 35.5. The summed E-state index contributed by atoms with van der Waals surface area (Å²) >= 11 is 5.86. The highest BCUT2D eigenvalue weighted by Gasteiger charge is 2.14. The molecule has 2 aromatic heterocycles. The number of ether oxygens (including phenoxy) is 1. The first kappa shape index (κ1) is 20.4. The van der Waals surface area contributed by atoms with E-state index >= 15 is 0 Å². The molecule has 0 fully saturated rings. The van der Waals surface area contributed by atoms with Gasteiger partial charge in [0.15, 0.2) is 0 Å². The van der Waals surface area contributed by atoms with Crippen LogP contribution in [0.25, 0.3) is 10.9 Å². The molecule has 0 aliphatic carbocycles. The maximum atomic E-state index is 11.6. The average molecular weight is 438 g/mol. The number of carbonyl (C=O) groups excluding carboxylic acids is 1. The summed E-state index contributed by atoms with van der Waals surface area (Å²) in [6, 6.07) is 15.4. The Bertz CT molecular complexity index is 1320. The molecule has 0 amide bonds. The number of nitro groups is 1. The van der Waals surface area contributed by atoms with Crippen LogP contribution in [0.3, 0.4) is 0 Å². The second-order valence-electron chi connectivity index (χ2n) is 6.64. The van der Waals surface area contributed by atoms with Crippen molar-refractivity contribution in [3.05, 3.63) is 93.0 Å². The first-order valence-electron chi connectivity index (χ1n) is 9.19. The molecule has 0 aliphatic heterocycles. The number of hydrogen-bond acceptors (Lipinski definition) is 6. The molecule has 0 spiro atoms. The summed E-state index contributed by atoms with van der Waals surface area (Å²) in [7, 11) is 1.30. The molecule has 0 unspecified atom stereocenters. The maximum absolute atomic E-state index is 11.6. The van der Waals surface area contributed by atoms with Crippen LogP contribution < -0.4 is 0 Å². The number of nitrogens with zero attached hydrogens (tertiary/aromatic N) is 3. The summed E-state index contributed by atoms with van der Waals surface area (Å²) in [5.74, 6) is 0.201. The smallest absolute Gasteiger partial charge is 0.373 e. The molecule has 156 valence electrons. The Morgan fingerprint density at radius 2 is 2.06 bits per heavy atom. The van der Waals surface area contributed by atoms with Gasteiger partial charge in [0.1, 0.15) is 10.8 Å². The number of methoxy groups -OCH3 is 1. The van der Waals surface area contributed by atoms with Gasteiger partial charge in [0, 0.05) is 34.9 Å². The van der Waals surface area contributed by atoms with Gasteiger partial charge in [-0.25, -0.2) is 4.79 Å². The van der Waals surface area contributed by atoms with E-state index in [1.807, 2.05) is 35.0 Å². The highest BCUT2D eigenvalue weighted by molar-refractivity contribution is 6.32. The average Bonchev–Trinajstić information content (AvgIpc) is 3.38. The van der Waals surface area contributed by atoms with Gasteiger partial charge in [-0.05, 0) is 30.3 Å². The molecule has 0 saturated carbocycles. The fourth-order valence-electron chi connectivity index (χ4n) is 3.22. The molecule has 8 nitrogen and oxygen atoms in total. The van der Waals surface area contributed by atoms with Gasteiger partial charge in [-0.3, -0.25) is 15.1 Å². The lowest BCUT2D eigenvalue weighted by Crippen LogP contribution is -1.99. The molecular formula is C22H16ClN3O5. The van der Waals surface area contributed by atoms with E-state index in [1.54, 1.807) is 24.4 Å². The first-order chi connectivity index (χ1) is 15.0. The van der Waals surface area contributed by atoms with Crippen molar-refractivity contribution in [2.75, 3.05) is 7.11 Å². The molecular weight excluding hydrogens is 422 g/mol. The Balaban J connectivity index is 1.66. The number of benzene rings is 2. The second kappa shape index (κ2) is 8.45. The van der Waals surface area contributed by atoms with Crippen LogP contribution >= 0.6 is 11.6 Å². The quantitative estimate of drug-likeness (QED) is 0.174. The van der Waals surface area contributed by atoms with Gasteiger partial charge in [0.25, 0.3) is 5.69 Å². The molecule has 2 heterocycles. The fraction of sp³-hybridized carbons (Fsp3) is 0.0909. The number of carbonyl (C=O) groups is 1. The third-order valence-corrected chi connectivity index (χ3v) is 4.99. The van der Waals surface area contributed by atoms with Crippen LogP contribution in [0.1, 0.15) is 21.9 Å². The Morgan fingerprint density at radius 3 is 2.84 bits per heavy atom. The monoisotopic (exact) mass is 437 g/mol. The van der Waals surface area contributed by atoms with Gasteiger partial charge >= 0.3 is 5.97 Å². The van der Waals surface area contributed by atoms with Gasteiger partial charge in [-0.1, -0.05) is 29.8 Å². The minimum Gasteiger partial charge on any atom is -0.463 e. The number of rotatable bonds is 6. The molecule has 31 heavy (non-hydrogen) atoms. The van der Waals surface area contributed by atoms with Crippen molar-refractivity contribution in [3.8, 4) is 0 Å². The molecule has 0 bridgehead atoms. The highest BCUT2D eigenvalue weighted by Crippen LogP contribution is 2.29. The number of furan rings is 1.